The zero-order valence-corrected chi connectivity index (χ0v) is 21.9. The van der Waals surface area contributed by atoms with Crippen molar-refractivity contribution in [1.82, 2.24) is 4.98 Å². The molecule has 1 nitrogen and oxygen atoms in total. The van der Waals surface area contributed by atoms with Crippen LogP contribution in [0.5, 0.6) is 0 Å². The zero-order valence-electron chi connectivity index (χ0n) is 21.1. The summed E-state index contributed by atoms with van der Waals surface area (Å²) in [6, 6.07) is 24.7. The van der Waals surface area contributed by atoms with Crippen molar-refractivity contribution in [3.63, 3.8) is 0 Å². The van der Waals surface area contributed by atoms with Crippen LogP contribution in [0.1, 0.15) is 57.2 Å². The average Bonchev–Trinajstić information content (AvgIpc) is 3.16. The molecule has 0 radical (unpaired) electrons. The minimum Gasteiger partial charge on any atom is -0.256 e. The van der Waals surface area contributed by atoms with Crippen LogP contribution in [-0.2, 0) is 6.42 Å². The molecule has 0 saturated carbocycles. The van der Waals surface area contributed by atoms with Gasteiger partial charge in [0, 0.05) is 37.5 Å². The van der Waals surface area contributed by atoms with Crippen molar-refractivity contribution >= 4 is 31.5 Å². The van der Waals surface area contributed by atoms with Gasteiger partial charge in [0.15, 0.2) is 0 Å². The Labute approximate surface area is 207 Å². The van der Waals surface area contributed by atoms with E-state index in [1.165, 1.54) is 53.6 Å². The van der Waals surface area contributed by atoms with E-state index < -0.39 is 0 Å². The van der Waals surface area contributed by atoms with Gasteiger partial charge in [0.05, 0.1) is 5.69 Å². The number of fused-ring (bicyclic) bond motifs is 3. The molecule has 0 aliphatic carbocycles. The molecule has 0 bridgehead atoms. The molecule has 0 aliphatic rings. The lowest BCUT2D eigenvalue weighted by atomic mass is 9.88. The molecule has 0 spiro atoms. The summed E-state index contributed by atoms with van der Waals surface area (Å²) in [5.41, 5.74) is 9.29. The summed E-state index contributed by atoms with van der Waals surface area (Å²) < 4.78 is 2.71. The lowest BCUT2D eigenvalue weighted by molar-refractivity contribution is 0.411. The molecule has 0 unspecified atom stereocenters. The van der Waals surface area contributed by atoms with E-state index in [2.05, 4.69) is 108 Å². The van der Waals surface area contributed by atoms with Gasteiger partial charge >= 0.3 is 0 Å². The van der Waals surface area contributed by atoms with Crippen LogP contribution in [0.25, 0.3) is 42.6 Å². The van der Waals surface area contributed by atoms with Gasteiger partial charge in [-0.2, -0.15) is 0 Å². The SMILES string of the molecule is Cc1cc(-c2cc(CC(C)(C)C)ccn2)c2sc3c(-c4ccccc4)c(C(C)C)ccc3c2c1. The number of thiophene rings is 1. The van der Waals surface area contributed by atoms with Crippen molar-refractivity contribution in [3.8, 4) is 22.4 Å². The molecule has 172 valence electrons. The smallest absolute Gasteiger partial charge is 0.0719 e. The highest BCUT2D eigenvalue weighted by atomic mass is 32.1. The number of aromatic nitrogens is 1. The third kappa shape index (κ3) is 4.28. The van der Waals surface area contributed by atoms with E-state index in [0.717, 1.165) is 12.1 Å². The van der Waals surface area contributed by atoms with Crippen molar-refractivity contribution in [3.05, 3.63) is 89.6 Å². The molecule has 0 N–H and O–H groups in total. The minimum absolute atomic E-state index is 0.246. The Kier molecular flexibility index (Phi) is 5.81. The first-order chi connectivity index (χ1) is 16.2. The summed E-state index contributed by atoms with van der Waals surface area (Å²) >= 11 is 1.92. The topological polar surface area (TPSA) is 12.9 Å². The van der Waals surface area contributed by atoms with Crippen LogP contribution >= 0.6 is 11.3 Å². The standard InChI is InChI=1S/C32H33NS/c1-20(2)24-12-13-25-26-16-21(3)17-27(28-18-22(14-15-33-28)19-32(4,5)6)30(26)34-31(25)29(24)23-10-8-7-9-11-23/h7-18,20H,19H2,1-6H3. The number of nitrogens with zero attached hydrogens (tertiary/aromatic N) is 1. The van der Waals surface area contributed by atoms with Crippen LogP contribution in [0.3, 0.4) is 0 Å². The van der Waals surface area contributed by atoms with E-state index in [1.54, 1.807) is 0 Å². The lowest BCUT2D eigenvalue weighted by Gasteiger charge is -2.18. The highest BCUT2D eigenvalue weighted by Gasteiger charge is 2.19. The van der Waals surface area contributed by atoms with Crippen molar-refractivity contribution in [2.45, 2.75) is 53.9 Å². The Morgan fingerprint density at radius 3 is 2.32 bits per heavy atom. The van der Waals surface area contributed by atoms with Gasteiger partial charge in [-0.25, -0.2) is 0 Å². The first-order valence-electron chi connectivity index (χ1n) is 12.2. The highest BCUT2D eigenvalue weighted by molar-refractivity contribution is 7.26. The van der Waals surface area contributed by atoms with Crippen LogP contribution < -0.4 is 0 Å². The first kappa shape index (κ1) is 22.8. The molecule has 2 heterocycles. The number of rotatable bonds is 4. The molecule has 0 fully saturated rings. The molecule has 3 aromatic carbocycles. The van der Waals surface area contributed by atoms with Gasteiger partial charge in [0.1, 0.15) is 0 Å². The molecular weight excluding hydrogens is 430 g/mol. The number of pyridine rings is 1. The normalized spacial score (nSPS) is 12.2. The van der Waals surface area contributed by atoms with Crippen molar-refractivity contribution < 1.29 is 0 Å². The van der Waals surface area contributed by atoms with Crippen LogP contribution in [0.15, 0.2) is 72.9 Å². The Morgan fingerprint density at radius 2 is 1.62 bits per heavy atom. The van der Waals surface area contributed by atoms with Gasteiger partial charge in [-0.05, 0) is 71.2 Å². The molecule has 0 atom stereocenters. The highest BCUT2D eigenvalue weighted by Crippen LogP contribution is 2.46. The maximum Gasteiger partial charge on any atom is 0.0719 e. The number of hydrogen-bond acceptors (Lipinski definition) is 2. The monoisotopic (exact) mass is 463 g/mol. The number of aryl methyl sites for hydroxylation is 1. The van der Waals surface area contributed by atoms with Crippen LogP contribution in [0.4, 0.5) is 0 Å². The van der Waals surface area contributed by atoms with Gasteiger partial charge in [-0.3, -0.25) is 4.98 Å². The zero-order chi connectivity index (χ0) is 24.0. The van der Waals surface area contributed by atoms with Crippen LogP contribution in [0, 0.1) is 12.3 Å². The first-order valence-corrected chi connectivity index (χ1v) is 13.0. The maximum absolute atomic E-state index is 4.83. The maximum atomic E-state index is 4.83. The number of benzene rings is 3. The average molecular weight is 464 g/mol. The Balaban J connectivity index is 1.80. The number of hydrogen-bond donors (Lipinski definition) is 0. The second-order valence-corrected chi connectivity index (χ2v) is 12.0. The molecule has 2 heteroatoms. The van der Waals surface area contributed by atoms with Gasteiger partial charge in [-0.15, -0.1) is 11.3 Å². The van der Waals surface area contributed by atoms with Crippen molar-refractivity contribution in [2.75, 3.05) is 0 Å². The van der Waals surface area contributed by atoms with Crippen molar-refractivity contribution in [2.24, 2.45) is 5.41 Å². The quantitative estimate of drug-likeness (QED) is 0.258. The molecule has 5 rings (SSSR count). The third-order valence-electron chi connectivity index (χ3n) is 6.44. The summed E-state index contributed by atoms with van der Waals surface area (Å²) in [5, 5.41) is 2.68. The molecule has 0 aliphatic heterocycles. The van der Waals surface area contributed by atoms with Gasteiger partial charge in [-0.1, -0.05) is 77.1 Å². The summed E-state index contributed by atoms with van der Waals surface area (Å²) in [4.78, 5) is 4.83. The Bertz CT molecular complexity index is 1480. The summed E-state index contributed by atoms with van der Waals surface area (Å²) in [7, 11) is 0. The Morgan fingerprint density at radius 1 is 0.853 bits per heavy atom. The summed E-state index contributed by atoms with van der Waals surface area (Å²) in [5.74, 6) is 0.460. The van der Waals surface area contributed by atoms with E-state index in [4.69, 9.17) is 4.98 Å². The molecular formula is C32H33NS. The molecule has 2 aromatic heterocycles. The van der Waals surface area contributed by atoms with Crippen LogP contribution in [-0.4, -0.2) is 4.98 Å². The van der Waals surface area contributed by atoms with Crippen molar-refractivity contribution in [1.29, 1.82) is 0 Å². The van der Waals surface area contributed by atoms with E-state index in [-0.39, 0.29) is 5.41 Å². The fraction of sp³-hybridized carbons (Fsp3) is 0.281. The third-order valence-corrected chi connectivity index (χ3v) is 7.71. The fourth-order valence-corrected chi connectivity index (χ4v) is 6.40. The second kappa shape index (κ2) is 8.67. The fourth-order valence-electron chi connectivity index (χ4n) is 5.02. The van der Waals surface area contributed by atoms with E-state index >= 15 is 0 Å². The van der Waals surface area contributed by atoms with E-state index in [1.807, 2.05) is 17.5 Å². The molecule has 0 amide bonds. The molecule has 5 aromatic rings. The van der Waals surface area contributed by atoms with E-state index in [9.17, 15) is 0 Å². The van der Waals surface area contributed by atoms with Gasteiger partial charge < -0.3 is 0 Å². The minimum atomic E-state index is 0.246. The summed E-state index contributed by atoms with van der Waals surface area (Å²) in [6.45, 7) is 13.7. The molecule has 34 heavy (non-hydrogen) atoms. The van der Waals surface area contributed by atoms with Gasteiger partial charge in [0.25, 0.3) is 0 Å². The van der Waals surface area contributed by atoms with Gasteiger partial charge in [0.2, 0.25) is 0 Å². The Hall–Kier alpha value is -2.97. The largest absolute Gasteiger partial charge is 0.256 e. The predicted molar refractivity (Wildman–Crippen MR) is 150 cm³/mol. The van der Waals surface area contributed by atoms with E-state index in [0.29, 0.717) is 5.92 Å². The summed E-state index contributed by atoms with van der Waals surface area (Å²) in [6.07, 6.45) is 3.02. The second-order valence-electron chi connectivity index (χ2n) is 11.0. The molecule has 0 saturated heterocycles. The predicted octanol–water partition coefficient (Wildman–Crippen LogP) is 9.80. The van der Waals surface area contributed by atoms with Crippen LogP contribution in [0.2, 0.25) is 0 Å². The lowest BCUT2D eigenvalue weighted by Crippen LogP contribution is -2.09.